The van der Waals surface area contributed by atoms with Crippen molar-refractivity contribution >= 4 is 29.1 Å². The Hall–Kier alpha value is -2.57. The van der Waals surface area contributed by atoms with Crippen molar-refractivity contribution in [1.82, 2.24) is 10.6 Å². The number of carbonyl (C=O) groups excluding carboxylic acids is 2. The second-order valence-corrected chi connectivity index (χ2v) is 7.05. The van der Waals surface area contributed by atoms with Crippen molar-refractivity contribution in [3.05, 3.63) is 64.7 Å². The molecule has 1 heterocycles. The topological polar surface area (TPSA) is 79.5 Å². The molecule has 1 unspecified atom stereocenters. The first-order valence-electron chi connectivity index (χ1n) is 9.35. The molecule has 1 fully saturated rings. The molecule has 28 heavy (non-hydrogen) atoms. The maximum atomic E-state index is 12.2. The fraction of sp³-hybridized carbons (Fsp3) is 0.333. The molecule has 0 spiro atoms. The Kier molecular flexibility index (Phi) is 7.28. The lowest BCUT2D eigenvalue weighted by Gasteiger charge is -2.11. The lowest BCUT2D eigenvalue weighted by molar-refractivity contribution is -0.119. The summed E-state index contributed by atoms with van der Waals surface area (Å²) < 4.78 is 5.50. The molecule has 0 aliphatic carbocycles. The second-order valence-electron chi connectivity index (χ2n) is 6.64. The third kappa shape index (κ3) is 5.97. The molecule has 6 nitrogen and oxygen atoms in total. The summed E-state index contributed by atoms with van der Waals surface area (Å²) in [6.45, 7) is 1.82. The van der Waals surface area contributed by atoms with E-state index in [9.17, 15) is 9.59 Å². The van der Waals surface area contributed by atoms with Gasteiger partial charge in [-0.1, -0.05) is 29.8 Å². The molecule has 2 aromatic carbocycles. The van der Waals surface area contributed by atoms with Gasteiger partial charge >= 0.3 is 0 Å². The van der Waals surface area contributed by atoms with E-state index in [1.54, 1.807) is 30.3 Å². The maximum absolute atomic E-state index is 12.2. The minimum Gasteiger partial charge on any atom is -0.376 e. The van der Waals surface area contributed by atoms with Crippen molar-refractivity contribution in [1.29, 1.82) is 0 Å². The first kappa shape index (κ1) is 20.2. The molecule has 0 saturated carbocycles. The predicted molar refractivity (Wildman–Crippen MR) is 110 cm³/mol. The average Bonchev–Trinajstić information content (AvgIpc) is 3.24. The van der Waals surface area contributed by atoms with Crippen LogP contribution >= 0.6 is 11.6 Å². The number of benzene rings is 2. The van der Waals surface area contributed by atoms with Crippen LogP contribution < -0.4 is 16.0 Å². The Bertz CT molecular complexity index is 805. The highest BCUT2D eigenvalue weighted by molar-refractivity contribution is 6.31. The zero-order chi connectivity index (χ0) is 19.8. The van der Waals surface area contributed by atoms with Crippen molar-refractivity contribution in [3.63, 3.8) is 0 Å². The third-order valence-electron chi connectivity index (χ3n) is 4.55. The third-order valence-corrected chi connectivity index (χ3v) is 4.92. The summed E-state index contributed by atoms with van der Waals surface area (Å²) in [6, 6.07) is 14.4. The fourth-order valence-corrected chi connectivity index (χ4v) is 3.14. The van der Waals surface area contributed by atoms with Gasteiger partial charge in [0.25, 0.3) is 5.91 Å². The van der Waals surface area contributed by atoms with E-state index in [0.29, 0.717) is 23.7 Å². The molecular weight excluding hydrogens is 378 g/mol. The van der Waals surface area contributed by atoms with Crippen LogP contribution in [-0.4, -0.2) is 37.6 Å². The van der Waals surface area contributed by atoms with Gasteiger partial charge in [0, 0.05) is 36.0 Å². The van der Waals surface area contributed by atoms with Crippen LogP contribution in [0.25, 0.3) is 0 Å². The Morgan fingerprint density at radius 2 is 1.86 bits per heavy atom. The fourth-order valence-electron chi connectivity index (χ4n) is 2.93. The molecule has 1 aliphatic heterocycles. The van der Waals surface area contributed by atoms with Gasteiger partial charge in [-0.25, -0.2) is 0 Å². The summed E-state index contributed by atoms with van der Waals surface area (Å²) in [4.78, 5) is 24.2. The van der Waals surface area contributed by atoms with E-state index in [0.717, 1.165) is 30.7 Å². The number of rotatable bonds is 8. The monoisotopic (exact) mass is 401 g/mol. The summed E-state index contributed by atoms with van der Waals surface area (Å²) in [7, 11) is 0. The van der Waals surface area contributed by atoms with Crippen molar-refractivity contribution in [2.45, 2.75) is 25.5 Å². The summed E-state index contributed by atoms with van der Waals surface area (Å²) >= 11 is 6.07. The predicted octanol–water partition coefficient (Wildman–Crippen LogP) is 2.98. The number of hydrogen-bond donors (Lipinski definition) is 3. The van der Waals surface area contributed by atoms with E-state index in [2.05, 4.69) is 16.0 Å². The van der Waals surface area contributed by atoms with Crippen LogP contribution in [0.4, 0.5) is 5.69 Å². The quantitative estimate of drug-likeness (QED) is 0.635. The van der Waals surface area contributed by atoms with Gasteiger partial charge in [0.15, 0.2) is 0 Å². The standard InChI is InChI=1S/C21H24ClN3O3/c22-19-6-2-1-4-16(19)12-24-20(26)14-23-17-9-7-15(8-10-17)21(27)25-13-18-5-3-11-28-18/h1-2,4,6-10,18,23H,3,5,11-14H2,(H,24,26)(H,25,27). The van der Waals surface area contributed by atoms with Crippen molar-refractivity contribution < 1.29 is 14.3 Å². The number of nitrogens with one attached hydrogen (secondary N) is 3. The highest BCUT2D eigenvalue weighted by atomic mass is 35.5. The molecule has 1 saturated heterocycles. The lowest BCUT2D eigenvalue weighted by Crippen LogP contribution is -2.31. The van der Waals surface area contributed by atoms with Crippen LogP contribution in [0.5, 0.6) is 0 Å². The average molecular weight is 402 g/mol. The first-order valence-corrected chi connectivity index (χ1v) is 9.73. The van der Waals surface area contributed by atoms with Gasteiger partial charge in [-0.15, -0.1) is 0 Å². The van der Waals surface area contributed by atoms with Gasteiger partial charge in [-0.3, -0.25) is 9.59 Å². The van der Waals surface area contributed by atoms with Crippen molar-refractivity contribution in [3.8, 4) is 0 Å². The van der Waals surface area contributed by atoms with Gasteiger partial charge in [0.1, 0.15) is 0 Å². The Balaban J connectivity index is 1.40. The smallest absolute Gasteiger partial charge is 0.251 e. The molecule has 0 aromatic heterocycles. The Morgan fingerprint density at radius 3 is 2.57 bits per heavy atom. The second kappa shape index (κ2) is 10.1. The largest absolute Gasteiger partial charge is 0.376 e. The molecule has 7 heteroatoms. The summed E-state index contributed by atoms with van der Waals surface area (Å²) in [5, 5.41) is 9.38. The van der Waals surface area contributed by atoms with Crippen LogP contribution in [0.1, 0.15) is 28.8 Å². The molecular formula is C21H24ClN3O3. The van der Waals surface area contributed by atoms with Crippen molar-refractivity contribution in [2.75, 3.05) is 25.0 Å². The van der Waals surface area contributed by atoms with Crippen molar-refractivity contribution in [2.24, 2.45) is 0 Å². The van der Waals surface area contributed by atoms with Gasteiger partial charge in [0.05, 0.1) is 12.6 Å². The molecule has 2 amide bonds. The zero-order valence-electron chi connectivity index (χ0n) is 15.5. The van der Waals surface area contributed by atoms with Crippen LogP contribution in [0.3, 0.4) is 0 Å². The lowest BCUT2D eigenvalue weighted by atomic mass is 10.2. The van der Waals surface area contributed by atoms with Crippen LogP contribution in [-0.2, 0) is 16.1 Å². The highest BCUT2D eigenvalue weighted by Crippen LogP contribution is 2.14. The van der Waals surface area contributed by atoms with Gasteiger partial charge in [-0.2, -0.15) is 0 Å². The number of anilines is 1. The first-order chi connectivity index (χ1) is 13.6. The van der Waals surface area contributed by atoms with Crippen LogP contribution in [0, 0.1) is 0 Å². The number of hydrogen-bond acceptors (Lipinski definition) is 4. The summed E-state index contributed by atoms with van der Waals surface area (Å²) in [6.07, 6.45) is 2.16. The normalized spacial score (nSPS) is 15.8. The van der Waals surface area contributed by atoms with E-state index in [1.807, 2.05) is 18.2 Å². The highest BCUT2D eigenvalue weighted by Gasteiger charge is 2.16. The van der Waals surface area contributed by atoms with Crippen LogP contribution in [0.15, 0.2) is 48.5 Å². The van der Waals surface area contributed by atoms with Gasteiger partial charge < -0.3 is 20.7 Å². The molecule has 2 aromatic rings. The van der Waals surface area contributed by atoms with E-state index in [-0.39, 0.29) is 24.5 Å². The molecule has 3 N–H and O–H groups in total. The van der Waals surface area contributed by atoms with E-state index in [1.165, 1.54) is 0 Å². The molecule has 148 valence electrons. The van der Waals surface area contributed by atoms with Gasteiger partial charge in [0.2, 0.25) is 5.91 Å². The molecule has 3 rings (SSSR count). The summed E-state index contributed by atoms with van der Waals surface area (Å²) in [5.74, 6) is -0.266. The Labute approximate surface area is 169 Å². The minimum absolute atomic E-state index is 0.120. The number of amides is 2. The molecule has 1 aliphatic rings. The zero-order valence-corrected chi connectivity index (χ0v) is 16.3. The number of halogens is 1. The minimum atomic E-state index is -0.140. The van der Waals surface area contributed by atoms with E-state index < -0.39 is 0 Å². The Morgan fingerprint density at radius 1 is 1.07 bits per heavy atom. The molecule has 0 radical (unpaired) electrons. The molecule has 1 atom stereocenters. The van der Waals surface area contributed by atoms with E-state index >= 15 is 0 Å². The number of ether oxygens (including phenoxy) is 1. The SMILES string of the molecule is O=C(CNc1ccc(C(=O)NCC2CCCO2)cc1)NCc1ccccc1Cl. The maximum Gasteiger partial charge on any atom is 0.251 e. The van der Waals surface area contributed by atoms with E-state index in [4.69, 9.17) is 16.3 Å². The van der Waals surface area contributed by atoms with Gasteiger partial charge in [-0.05, 0) is 48.7 Å². The number of carbonyl (C=O) groups is 2. The van der Waals surface area contributed by atoms with Crippen LogP contribution in [0.2, 0.25) is 5.02 Å². The summed E-state index contributed by atoms with van der Waals surface area (Å²) in [5.41, 5.74) is 2.21. The molecule has 0 bridgehead atoms.